The third-order valence-electron chi connectivity index (χ3n) is 3.90. The van der Waals surface area contributed by atoms with Gasteiger partial charge in [-0.25, -0.2) is 0 Å². The Labute approximate surface area is 148 Å². The first-order valence-corrected chi connectivity index (χ1v) is 8.44. The van der Waals surface area contributed by atoms with Gasteiger partial charge in [-0.05, 0) is 11.1 Å². The first kappa shape index (κ1) is 18.7. The average molecular weight is 340 g/mol. The van der Waals surface area contributed by atoms with E-state index in [-0.39, 0.29) is 25.0 Å². The molecule has 0 aliphatic carbocycles. The highest BCUT2D eigenvalue weighted by Crippen LogP contribution is 2.24. The number of aliphatic hydroxyl groups is 1. The van der Waals surface area contributed by atoms with Crippen LogP contribution in [0.25, 0.3) is 0 Å². The molecule has 0 fully saturated rings. The molecule has 2 aromatic rings. The van der Waals surface area contributed by atoms with Crippen molar-refractivity contribution in [3.63, 3.8) is 0 Å². The highest BCUT2D eigenvalue weighted by Gasteiger charge is 2.30. The smallest absolute Gasteiger partial charge is 0.247 e. The molecule has 2 rings (SSSR count). The monoisotopic (exact) mass is 340 g/mol. The molecule has 0 aliphatic rings. The summed E-state index contributed by atoms with van der Waals surface area (Å²) in [6, 6.07) is 18.1. The van der Waals surface area contributed by atoms with E-state index < -0.39 is 6.04 Å². The number of rotatable bonds is 8. The van der Waals surface area contributed by atoms with E-state index in [2.05, 4.69) is 5.32 Å². The van der Waals surface area contributed by atoms with E-state index in [1.54, 1.807) is 11.8 Å². The lowest BCUT2D eigenvalue weighted by Gasteiger charge is -2.31. The Morgan fingerprint density at radius 3 is 2.20 bits per heavy atom. The Morgan fingerprint density at radius 1 is 1.04 bits per heavy atom. The fourth-order valence-corrected chi connectivity index (χ4v) is 2.69. The number of carbonyl (C=O) groups is 2. The average Bonchev–Trinajstić information content (AvgIpc) is 2.67. The molecule has 5 nitrogen and oxygen atoms in total. The summed E-state index contributed by atoms with van der Waals surface area (Å²) in [7, 11) is 0. The molecule has 0 spiro atoms. The van der Waals surface area contributed by atoms with Crippen molar-refractivity contribution in [2.45, 2.75) is 25.9 Å². The number of amides is 2. The number of hydrogen-bond donors (Lipinski definition) is 2. The minimum absolute atomic E-state index is 0.100. The first-order valence-electron chi connectivity index (χ1n) is 8.44. The van der Waals surface area contributed by atoms with Crippen molar-refractivity contribution in [1.82, 2.24) is 10.2 Å². The van der Waals surface area contributed by atoms with Crippen LogP contribution in [0.3, 0.4) is 0 Å². The zero-order valence-electron chi connectivity index (χ0n) is 14.4. The van der Waals surface area contributed by atoms with Gasteiger partial charge in [0.05, 0.1) is 6.61 Å². The molecule has 2 N–H and O–H groups in total. The molecule has 2 aromatic carbocycles. The van der Waals surface area contributed by atoms with Gasteiger partial charge in [0.25, 0.3) is 0 Å². The van der Waals surface area contributed by atoms with Gasteiger partial charge >= 0.3 is 0 Å². The van der Waals surface area contributed by atoms with Crippen LogP contribution >= 0.6 is 0 Å². The molecule has 1 atom stereocenters. The summed E-state index contributed by atoms with van der Waals surface area (Å²) in [6.07, 6.45) is 0.309. The summed E-state index contributed by atoms with van der Waals surface area (Å²) in [5, 5.41) is 11.7. The van der Waals surface area contributed by atoms with Crippen LogP contribution in [0.15, 0.2) is 60.7 Å². The van der Waals surface area contributed by atoms with Gasteiger partial charge in [-0.15, -0.1) is 0 Å². The molecule has 0 aromatic heterocycles. The second-order valence-corrected chi connectivity index (χ2v) is 5.69. The van der Waals surface area contributed by atoms with Gasteiger partial charge in [0.2, 0.25) is 11.8 Å². The van der Waals surface area contributed by atoms with E-state index in [0.717, 1.165) is 11.1 Å². The highest BCUT2D eigenvalue weighted by molar-refractivity contribution is 5.88. The van der Waals surface area contributed by atoms with Crippen molar-refractivity contribution in [3.05, 3.63) is 71.8 Å². The third kappa shape index (κ3) is 5.16. The van der Waals surface area contributed by atoms with E-state index in [0.29, 0.717) is 13.0 Å². The van der Waals surface area contributed by atoms with Gasteiger partial charge in [0, 0.05) is 19.5 Å². The Hall–Kier alpha value is -2.66. The fourth-order valence-electron chi connectivity index (χ4n) is 2.69. The Balaban J connectivity index is 2.37. The Morgan fingerprint density at radius 2 is 1.64 bits per heavy atom. The number of nitrogens with zero attached hydrogens (tertiary/aromatic N) is 1. The van der Waals surface area contributed by atoms with Gasteiger partial charge in [0.1, 0.15) is 6.04 Å². The summed E-state index contributed by atoms with van der Waals surface area (Å²) in [5.41, 5.74) is 1.70. The molecule has 0 radical (unpaired) electrons. The maximum Gasteiger partial charge on any atom is 0.247 e. The van der Waals surface area contributed by atoms with Crippen LogP contribution in [0, 0.1) is 0 Å². The molecule has 0 unspecified atom stereocenters. The molecule has 0 saturated carbocycles. The first-order chi connectivity index (χ1) is 12.2. The Kier molecular flexibility index (Phi) is 7.16. The number of benzene rings is 2. The standard InChI is InChI=1S/C20H24N2O3/c1-2-18(24)22(15-16-9-5-3-6-10-16)19(20(25)21-13-14-23)17-11-7-4-8-12-17/h3-12,19,23H,2,13-15H2,1H3,(H,21,25)/t19-/m1/s1. The van der Waals surface area contributed by atoms with Gasteiger partial charge in [-0.2, -0.15) is 0 Å². The van der Waals surface area contributed by atoms with Gasteiger partial charge in [0.15, 0.2) is 0 Å². The van der Waals surface area contributed by atoms with Crippen LogP contribution in [0.1, 0.15) is 30.5 Å². The predicted octanol–water partition coefficient (Wildman–Crippen LogP) is 2.28. The zero-order chi connectivity index (χ0) is 18.1. The van der Waals surface area contributed by atoms with Crippen molar-refractivity contribution in [2.24, 2.45) is 0 Å². The van der Waals surface area contributed by atoms with Crippen molar-refractivity contribution < 1.29 is 14.7 Å². The van der Waals surface area contributed by atoms with Crippen molar-refractivity contribution in [1.29, 1.82) is 0 Å². The summed E-state index contributed by atoms with van der Waals surface area (Å²) in [4.78, 5) is 26.9. The molecule has 0 saturated heterocycles. The summed E-state index contributed by atoms with van der Waals surface area (Å²) in [6.45, 7) is 2.14. The molecule has 0 heterocycles. The Bertz CT molecular complexity index is 674. The summed E-state index contributed by atoms with van der Waals surface area (Å²) in [5.74, 6) is -0.394. The second kappa shape index (κ2) is 9.59. The summed E-state index contributed by atoms with van der Waals surface area (Å²) >= 11 is 0. The molecule has 25 heavy (non-hydrogen) atoms. The quantitative estimate of drug-likeness (QED) is 0.774. The van der Waals surface area contributed by atoms with E-state index >= 15 is 0 Å². The number of nitrogens with one attached hydrogen (secondary N) is 1. The zero-order valence-corrected chi connectivity index (χ0v) is 14.4. The van der Waals surface area contributed by atoms with Crippen LogP contribution in [0.4, 0.5) is 0 Å². The van der Waals surface area contributed by atoms with Crippen LogP contribution < -0.4 is 5.32 Å². The molecule has 5 heteroatoms. The third-order valence-corrected chi connectivity index (χ3v) is 3.90. The second-order valence-electron chi connectivity index (χ2n) is 5.69. The van der Waals surface area contributed by atoms with Gasteiger partial charge < -0.3 is 15.3 Å². The largest absolute Gasteiger partial charge is 0.395 e. The number of aliphatic hydroxyl groups excluding tert-OH is 1. The topological polar surface area (TPSA) is 69.6 Å². The van der Waals surface area contributed by atoms with Crippen LogP contribution in [-0.4, -0.2) is 35.0 Å². The van der Waals surface area contributed by atoms with Gasteiger partial charge in [-0.1, -0.05) is 67.6 Å². The van der Waals surface area contributed by atoms with Crippen molar-refractivity contribution >= 4 is 11.8 Å². The minimum atomic E-state index is -0.736. The molecular weight excluding hydrogens is 316 g/mol. The van der Waals surface area contributed by atoms with E-state index in [1.165, 1.54) is 0 Å². The van der Waals surface area contributed by atoms with Crippen molar-refractivity contribution in [3.8, 4) is 0 Å². The molecule has 0 aliphatic heterocycles. The molecular formula is C20H24N2O3. The summed E-state index contributed by atoms with van der Waals surface area (Å²) < 4.78 is 0. The maximum atomic E-state index is 12.7. The number of carbonyl (C=O) groups excluding carboxylic acids is 2. The maximum absolute atomic E-state index is 12.7. The van der Waals surface area contributed by atoms with Gasteiger partial charge in [-0.3, -0.25) is 9.59 Å². The fraction of sp³-hybridized carbons (Fsp3) is 0.300. The van der Waals surface area contributed by atoms with Crippen LogP contribution in [-0.2, 0) is 16.1 Å². The lowest BCUT2D eigenvalue weighted by molar-refractivity contribution is -0.141. The normalized spacial score (nSPS) is 11.6. The van der Waals surface area contributed by atoms with Crippen molar-refractivity contribution in [2.75, 3.05) is 13.2 Å². The van der Waals surface area contributed by atoms with E-state index in [1.807, 2.05) is 60.7 Å². The SMILES string of the molecule is CCC(=O)N(Cc1ccccc1)[C@@H](C(=O)NCCO)c1ccccc1. The molecule has 2 amide bonds. The predicted molar refractivity (Wildman–Crippen MR) is 96.6 cm³/mol. The molecule has 132 valence electrons. The lowest BCUT2D eigenvalue weighted by Crippen LogP contribution is -2.43. The minimum Gasteiger partial charge on any atom is -0.395 e. The van der Waals surface area contributed by atoms with Crippen LogP contribution in [0.2, 0.25) is 0 Å². The van der Waals surface area contributed by atoms with E-state index in [9.17, 15) is 9.59 Å². The van der Waals surface area contributed by atoms with Crippen LogP contribution in [0.5, 0.6) is 0 Å². The molecule has 0 bridgehead atoms. The number of hydrogen-bond acceptors (Lipinski definition) is 3. The van der Waals surface area contributed by atoms with E-state index in [4.69, 9.17) is 5.11 Å². The highest BCUT2D eigenvalue weighted by atomic mass is 16.3. The lowest BCUT2D eigenvalue weighted by atomic mass is 10.0.